The molecular formula is C20H28N4O2. The molecule has 1 amide bonds. The van der Waals surface area contributed by atoms with Crippen LogP contribution >= 0.6 is 0 Å². The Morgan fingerprint density at radius 2 is 2.08 bits per heavy atom. The lowest BCUT2D eigenvalue weighted by molar-refractivity contribution is 0.0224. The van der Waals surface area contributed by atoms with Gasteiger partial charge in [-0.2, -0.15) is 0 Å². The molecule has 0 N–H and O–H groups in total. The van der Waals surface area contributed by atoms with Gasteiger partial charge in [-0.25, -0.2) is 4.98 Å². The number of rotatable bonds is 3. The molecule has 2 fully saturated rings. The minimum Gasteiger partial charge on any atom is -0.379 e. The first-order valence-electron chi connectivity index (χ1n) is 9.64. The summed E-state index contributed by atoms with van der Waals surface area (Å²) in [6.07, 6.45) is 2.30. The zero-order valence-corrected chi connectivity index (χ0v) is 15.8. The van der Waals surface area contributed by atoms with Gasteiger partial charge in [-0.15, -0.1) is 0 Å². The molecule has 0 saturated carbocycles. The van der Waals surface area contributed by atoms with E-state index < -0.39 is 0 Å². The van der Waals surface area contributed by atoms with Gasteiger partial charge in [0.05, 0.1) is 24.2 Å². The third kappa shape index (κ3) is 3.48. The number of aromatic nitrogens is 2. The van der Waals surface area contributed by atoms with Crippen molar-refractivity contribution in [2.24, 2.45) is 13.0 Å². The van der Waals surface area contributed by atoms with Gasteiger partial charge in [0.25, 0.3) is 5.91 Å². The number of hydrogen-bond acceptors (Lipinski definition) is 4. The number of piperidine rings is 1. The second kappa shape index (κ2) is 7.37. The normalized spacial score (nSPS) is 22.1. The highest BCUT2D eigenvalue weighted by molar-refractivity contribution is 5.97. The molecule has 1 aromatic carbocycles. The van der Waals surface area contributed by atoms with Crippen LogP contribution in [0.15, 0.2) is 18.2 Å². The van der Waals surface area contributed by atoms with E-state index in [1.807, 2.05) is 41.6 Å². The molecular weight excluding hydrogens is 328 g/mol. The fourth-order valence-electron chi connectivity index (χ4n) is 4.17. The number of nitrogens with zero attached hydrogens (tertiary/aromatic N) is 4. The van der Waals surface area contributed by atoms with Crippen molar-refractivity contribution in [3.05, 3.63) is 29.6 Å². The van der Waals surface area contributed by atoms with E-state index in [1.165, 1.54) is 6.42 Å². The Morgan fingerprint density at radius 3 is 2.88 bits per heavy atom. The third-order valence-electron chi connectivity index (χ3n) is 5.78. The summed E-state index contributed by atoms with van der Waals surface area (Å²) in [5.41, 5.74) is 2.74. The number of morpholine rings is 1. The monoisotopic (exact) mass is 356 g/mol. The van der Waals surface area contributed by atoms with Crippen molar-refractivity contribution in [3.8, 4) is 0 Å². The lowest BCUT2D eigenvalue weighted by atomic mass is 9.96. The fourth-order valence-corrected chi connectivity index (χ4v) is 4.17. The van der Waals surface area contributed by atoms with Crippen LogP contribution in [0, 0.1) is 12.8 Å². The van der Waals surface area contributed by atoms with Gasteiger partial charge in [-0.1, -0.05) is 0 Å². The standard InChI is InChI=1S/C20H28N4O2/c1-15-21-18-6-5-17(12-19(18)22(15)2)20(25)24-7-3-4-16(14-24)13-23-8-10-26-11-9-23/h5-6,12,16H,3-4,7-11,13-14H2,1-2H3/t16-/m1/s1. The number of likely N-dealkylation sites (tertiary alicyclic amines) is 1. The highest BCUT2D eigenvalue weighted by atomic mass is 16.5. The topological polar surface area (TPSA) is 50.6 Å². The molecule has 0 radical (unpaired) electrons. The molecule has 6 heteroatoms. The number of imidazole rings is 1. The van der Waals surface area contributed by atoms with Crippen molar-refractivity contribution < 1.29 is 9.53 Å². The Hall–Kier alpha value is -1.92. The van der Waals surface area contributed by atoms with Crippen molar-refractivity contribution in [1.82, 2.24) is 19.4 Å². The Morgan fingerprint density at radius 1 is 1.27 bits per heavy atom. The van der Waals surface area contributed by atoms with Crippen LogP contribution in [0.1, 0.15) is 29.0 Å². The molecule has 140 valence electrons. The largest absolute Gasteiger partial charge is 0.379 e. The maximum absolute atomic E-state index is 13.1. The molecule has 0 bridgehead atoms. The van der Waals surface area contributed by atoms with Crippen LogP contribution in [0.2, 0.25) is 0 Å². The van der Waals surface area contributed by atoms with Crippen molar-refractivity contribution in [2.75, 3.05) is 45.9 Å². The molecule has 0 unspecified atom stereocenters. The zero-order valence-electron chi connectivity index (χ0n) is 15.8. The smallest absolute Gasteiger partial charge is 0.253 e. The van der Waals surface area contributed by atoms with Crippen molar-refractivity contribution in [1.29, 1.82) is 0 Å². The molecule has 2 saturated heterocycles. The Balaban J connectivity index is 1.46. The molecule has 0 spiro atoms. The first kappa shape index (κ1) is 17.5. The van der Waals surface area contributed by atoms with Crippen molar-refractivity contribution in [3.63, 3.8) is 0 Å². The average molecular weight is 356 g/mol. The van der Waals surface area contributed by atoms with Gasteiger partial charge in [-0.3, -0.25) is 9.69 Å². The summed E-state index contributed by atoms with van der Waals surface area (Å²) in [6, 6.07) is 5.87. The summed E-state index contributed by atoms with van der Waals surface area (Å²) in [5, 5.41) is 0. The molecule has 4 rings (SSSR count). The number of carbonyl (C=O) groups is 1. The molecule has 1 atom stereocenters. The lowest BCUT2D eigenvalue weighted by Crippen LogP contribution is -2.46. The van der Waals surface area contributed by atoms with E-state index in [0.29, 0.717) is 5.92 Å². The maximum atomic E-state index is 13.1. The molecule has 3 heterocycles. The number of amides is 1. The summed E-state index contributed by atoms with van der Waals surface area (Å²) in [6.45, 7) is 8.48. The predicted octanol–water partition coefficient (Wildman–Crippen LogP) is 2.07. The molecule has 6 nitrogen and oxygen atoms in total. The predicted molar refractivity (Wildman–Crippen MR) is 101 cm³/mol. The summed E-state index contributed by atoms with van der Waals surface area (Å²) >= 11 is 0. The Bertz CT molecular complexity index is 794. The molecule has 26 heavy (non-hydrogen) atoms. The zero-order chi connectivity index (χ0) is 18.1. The summed E-state index contributed by atoms with van der Waals surface area (Å²) < 4.78 is 7.48. The van der Waals surface area contributed by atoms with E-state index in [2.05, 4.69) is 9.88 Å². The SMILES string of the molecule is Cc1nc2ccc(C(=O)N3CCC[C@H](CN4CCOCC4)C3)cc2n1C. The summed E-state index contributed by atoms with van der Waals surface area (Å²) in [5.74, 6) is 1.68. The van der Waals surface area contributed by atoms with Crippen LogP contribution in [-0.4, -0.2) is 71.2 Å². The van der Waals surface area contributed by atoms with Gasteiger partial charge >= 0.3 is 0 Å². The van der Waals surface area contributed by atoms with E-state index in [9.17, 15) is 4.79 Å². The third-order valence-corrected chi connectivity index (χ3v) is 5.78. The van der Waals surface area contributed by atoms with Crippen LogP contribution in [-0.2, 0) is 11.8 Å². The minimum absolute atomic E-state index is 0.150. The Kier molecular flexibility index (Phi) is 4.96. The second-order valence-corrected chi connectivity index (χ2v) is 7.59. The quantitative estimate of drug-likeness (QED) is 0.845. The van der Waals surface area contributed by atoms with Gasteiger partial charge in [-0.05, 0) is 43.9 Å². The number of aryl methyl sites for hydroxylation is 2. The molecule has 2 aliphatic rings. The maximum Gasteiger partial charge on any atom is 0.253 e. The van der Waals surface area contributed by atoms with Crippen LogP contribution in [0.25, 0.3) is 11.0 Å². The van der Waals surface area contributed by atoms with E-state index in [-0.39, 0.29) is 5.91 Å². The molecule has 2 aromatic rings. The summed E-state index contributed by atoms with van der Waals surface area (Å²) in [4.78, 5) is 22.1. The highest BCUT2D eigenvalue weighted by Crippen LogP contribution is 2.22. The van der Waals surface area contributed by atoms with Crippen molar-refractivity contribution in [2.45, 2.75) is 19.8 Å². The number of hydrogen-bond donors (Lipinski definition) is 0. The van der Waals surface area contributed by atoms with Crippen LogP contribution in [0.4, 0.5) is 0 Å². The number of benzene rings is 1. The van der Waals surface area contributed by atoms with E-state index in [0.717, 1.165) is 74.8 Å². The van der Waals surface area contributed by atoms with Crippen molar-refractivity contribution >= 4 is 16.9 Å². The second-order valence-electron chi connectivity index (χ2n) is 7.59. The van der Waals surface area contributed by atoms with Crippen LogP contribution in [0.3, 0.4) is 0 Å². The first-order chi connectivity index (χ1) is 12.6. The highest BCUT2D eigenvalue weighted by Gasteiger charge is 2.26. The van der Waals surface area contributed by atoms with E-state index in [1.54, 1.807) is 0 Å². The lowest BCUT2D eigenvalue weighted by Gasteiger charge is -2.36. The molecule has 1 aromatic heterocycles. The molecule has 2 aliphatic heterocycles. The average Bonchev–Trinajstić information content (AvgIpc) is 2.96. The van der Waals surface area contributed by atoms with Crippen LogP contribution in [0.5, 0.6) is 0 Å². The van der Waals surface area contributed by atoms with E-state index >= 15 is 0 Å². The van der Waals surface area contributed by atoms with Gasteiger partial charge in [0.2, 0.25) is 0 Å². The van der Waals surface area contributed by atoms with E-state index in [4.69, 9.17) is 4.74 Å². The Labute approximate surface area is 154 Å². The minimum atomic E-state index is 0.150. The first-order valence-corrected chi connectivity index (χ1v) is 9.64. The number of fused-ring (bicyclic) bond motifs is 1. The van der Waals surface area contributed by atoms with Gasteiger partial charge in [0.1, 0.15) is 5.82 Å². The number of carbonyl (C=O) groups excluding carboxylic acids is 1. The van der Waals surface area contributed by atoms with Crippen LogP contribution < -0.4 is 0 Å². The van der Waals surface area contributed by atoms with Gasteiger partial charge < -0.3 is 14.2 Å². The number of ether oxygens (including phenoxy) is 1. The summed E-state index contributed by atoms with van der Waals surface area (Å²) in [7, 11) is 2.00. The van der Waals surface area contributed by atoms with Gasteiger partial charge in [0, 0.05) is 45.3 Å². The molecule has 0 aliphatic carbocycles. The fraction of sp³-hybridized carbons (Fsp3) is 0.600. The van der Waals surface area contributed by atoms with Gasteiger partial charge in [0.15, 0.2) is 0 Å².